The van der Waals surface area contributed by atoms with Crippen molar-refractivity contribution in [3.05, 3.63) is 100 Å². The van der Waals surface area contributed by atoms with Crippen LogP contribution in [0, 0.1) is 23.1 Å². The Morgan fingerprint density at radius 3 is 2.53 bits per heavy atom. The summed E-state index contributed by atoms with van der Waals surface area (Å²) >= 11 is 4.27. The van der Waals surface area contributed by atoms with Crippen LogP contribution in [-0.4, -0.2) is 17.0 Å². The van der Waals surface area contributed by atoms with Gasteiger partial charge in [-0.05, 0) is 80.6 Å². The molecule has 0 unspecified atom stereocenters. The van der Waals surface area contributed by atoms with Crippen LogP contribution in [0.25, 0.3) is 0 Å². The predicted molar refractivity (Wildman–Crippen MR) is 135 cm³/mol. The first kappa shape index (κ1) is 24.0. The van der Waals surface area contributed by atoms with E-state index in [4.69, 9.17) is 4.74 Å². The average molecular weight is 659 g/mol. The lowest BCUT2D eigenvalue weighted by Crippen LogP contribution is -2.20. The molecule has 0 saturated heterocycles. The molecule has 3 rings (SSSR count). The molecule has 1 amide bonds. The molecule has 0 heterocycles. The number of halogens is 3. The summed E-state index contributed by atoms with van der Waals surface area (Å²) in [7, 11) is 0. The van der Waals surface area contributed by atoms with Crippen molar-refractivity contribution < 1.29 is 18.8 Å². The lowest BCUT2D eigenvalue weighted by molar-refractivity contribution is -0.385. The first-order valence-corrected chi connectivity index (χ1v) is 11.4. The minimum Gasteiger partial charge on any atom is -0.487 e. The zero-order chi connectivity index (χ0) is 23.1. The monoisotopic (exact) mass is 659 g/mol. The maximum atomic E-state index is 13.3. The summed E-state index contributed by atoms with van der Waals surface area (Å²) in [5.74, 6) is -0.103. The molecule has 32 heavy (non-hydrogen) atoms. The van der Waals surface area contributed by atoms with Crippen LogP contribution in [0.3, 0.4) is 0 Å². The molecule has 0 aliphatic heterocycles. The van der Waals surface area contributed by atoms with Crippen molar-refractivity contribution in [2.75, 3.05) is 0 Å². The maximum Gasteiger partial charge on any atom is 0.273 e. The molecule has 3 aromatic carbocycles. The second kappa shape index (κ2) is 11.3. The van der Waals surface area contributed by atoms with E-state index in [1.165, 1.54) is 30.5 Å². The van der Waals surface area contributed by atoms with Gasteiger partial charge in [0.25, 0.3) is 5.69 Å². The molecule has 0 aliphatic rings. The first-order valence-electron chi connectivity index (χ1n) is 9.24. The van der Waals surface area contributed by atoms with Crippen LogP contribution in [0.4, 0.5) is 10.1 Å². The topological polar surface area (TPSA) is 93.8 Å². The summed E-state index contributed by atoms with van der Waals surface area (Å²) < 4.78 is 20.8. The Morgan fingerprint density at radius 2 is 1.84 bits per heavy atom. The van der Waals surface area contributed by atoms with Crippen LogP contribution < -0.4 is 10.2 Å². The highest BCUT2D eigenvalue weighted by atomic mass is 127. The Hall–Kier alpha value is -2.61. The fraction of sp³-hybridized carbons (Fsp3) is 0.0909. The molecule has 0 saturated carbocycles. The molecule has 0 spiro atoms. The van der Waals surface area contributed by atoms with E-state index in [1.54, 1.807) is 24.3 Å². The van der Waals surface area contributed by atoms with Gasteiger partial charge < -0.3 is 4.74 Å². The van der Waals surface area contributed by atoms with Gasteiger partial charge in [0.2, 0.25) is 5.91 Å². The van der Waals surface area contributed by atoms with Gasteiger partial charge in [0, 0.05) is 11.6 Å². The van der Waals surface area contributed by atoms with Gasteiger partial charge in [0.1, 0.15) is 18.2 Å². The third kappa shape index (κ3) is 6.69. The molecule has 10 heteroatoms. The predicted octanol–water partition coefficient (Wildman–Crippen LogP) is 5.21. The second-order valence-electron chi connectivity index (χ2n) is 6.59. The highest BCUT2D eigenvalue weighted by Gasteiger charge is 2.15. The number of rotatable bonds is 8. The van der Waals surface area contributed by atoms with E-state index in [2.05, 4.69) is 55.7 Å². The number of nitrogens with zero attached hydrogens (tertiary/aromatic N) is 2. The lowest BCUT2D eigenvalue weighted by Gasteiger charge is -2.11. The van der Waals surface area contributed by atoms with E-state index in [0.717, 1.165) is 18.3 Å². The molecule has 0 aliphatic carbocycles. The van der Waals surface area contributed by atoms with Gasteiger partial charge in [0.05, 0.1) is 24.7 Å². The fourth-order valence-electron chi connectivity index (χ4n) is 2.80. The van der Waals surface area contributed by atoms with Crippen LogP contribution in [-0.2, 0) is 17.8 Å². The van der Waals surface area contributed by atoms with Crippen LogP contribution >= 0.6 is 45.2 Å². The molecule has 0 aromatic heterocycles. The first-order chi connectivity index (χ1) is 15.3. The summed E-state index contributed by atoms with van der Waals surface area (Å²) in [5.41, 5.74) is 4.06. The Labute approximate surface area is 210 Å². The zero-order valence-corrected chi connectivity index (χ0v) is 20.7. The highest BCUT2D eigenvalue weighted by Crippen LogP contribution is 2.29. The lowest BCUT2D eigenvalue weighted by atomic mass is 10.1. The zero-order valence-electron chi connectivity index (χ0n) is 16.4. The quantitative estimate of drug-likeness (QED) is 0.156. The van der Waals surface area contributed by atoms with E-state index in [-0.39, 0.29) is 24.5 Å². The number of hydrogen-bond donors (Lipinski definition) is 1. The van der Waals surface area contributed by atoms with Gasteiger partial charge in [-0.25, -0.2) is 9.82 Å². The third-order valence-electron chi connectivity index (χ3n) is 4.24. The van der Waals surface area contributed by atoms with E-state index < -0.39 is 10.8 Å². The Kier molecular flexibility index (Phi) is 8.50. The average Bonchev–Trinajstić information content (AvgIpc) is 2.73. The molecule has 3 aromatic rings. The van der Waals surface area contributed by atoms with Gasteiger partial charge >= 0.3 is 0 Å². The molecule has 164 valence electrons. The summed E-state index contributed by atoms with van der Waals surface area (Å²) in [4.78, 5) is 22.6. The highest BCUT2D eigenvalue weighted by molar-refractivity contribution is 14.1. The van der Waals surface area contributed by atoms with Crippen molar-refractivity contribution in [1.29, 1.82) is 0 Å². The van der Waals surface area contributed by atoms with Crippen molar-refractivity contribution in [3.63, 3.8) is 0 Å². The van der Waals surface area contributed by atoms with Gasteiger partial charge in [-0.1, -0.05) is 30.3 Å². The normalized spacial score (nSPS) is 10.8. The SMILES string of the molecule is O=C(Cc1ccccc1[N+](=O)[O-])N/N=C/c1cc(I)c(OCc2cccc(F)c2)c(I)c1. The van der Waals surface area contributed by atoms with Crippen molar-refractivity contribution in [2.24, 2.45) is 5.10 Å². The van der Waals surface area contributed by atoms with Crippen LogP contribution in [0.1, 0.15) is 16.7 Å². The number of hydrogen-bond acceptors (Lipinski definition) is 5. The smallest absolute Gasteiger partial charge is 0.273 e. The van der Waals surface area contributed by atoms with E-state index in [1.807, 2.05) is 12.1 Å². The summed E-state index contributed by atoms with van der Waals surface area (Å²) in [5, 5.41) is 15.0. The Morgan fingerprint density at radius 1 is 1.12 bits per heavy atom. The van der Waals surface area contributed by atoms with Crippen molar-refractivity contribution in [2.45, 2.75) is 13.0 Å². The maximum absolute atomic E-state index is 13.3. The van der Waals surface area contributed by atoms with Gasteiger partial charge in [-0.2, -0.15) is 5.10 Å². The molecule has 0 bridgehead atoms. The van der Waals surface area contributed by atoms with Gasteiger partial charge in [0.15, 0.2) is 0 Å². The number of carbonyl (C=O) groups is 1. The molecule has 0 fully saturated rings. The molecular formula is C22H16FI2N3O4. The number of para-hydroxylation sites is 1. The summed E-state index contributed by atoms with van der Waals surface area (Å²) in [6.07, 6.45) is 1.33. The summed E-state index contributed by atoms with van der Waals surface area (Å²) in [6, 6.07) is 16.0. The number of ether oxygens (including phenoxy) is 1. The number of nitro groups is 1. The summed E-state index contributed by atoms with van der Waals surface area (Å²) in [6.45, 7) is 0.235. The molecule has 0 radical (unpaired) electrons. The van der Waals surface area contributed by atoms with Crippen molar-refractivity contribution in [1.82, 2.24) is 5.43 Å². The van der Waals surface area contributed by atoms with E-state index in [0.29, 0.717) is 11.3 Å². The number of hydrazone groups is 1. The number of carbonyl (C=O) groups excluding carboxylic acids is 1. The van der Waals surface area contributed by atoms with E-state index in [9.17, 15) is 19.3 Å². The standard InChI is InChI=1S/C22H16FI2N3O4/c23-17-6-3-4-14(8-17)13-32-22-18(24)9-15(10-19(22)25)12-26-27-21(29)11-16-5-1-2-7-20(16)28(30)31/h1-10,12H,11,13H2,(H,27,29)/b26-12+. The van der Waals surface area contributed by atoms with Crippen LogP contribution in [0.15, 0.2) is 65.8 Å². The minimum atomic E-state index is -0.520. The third-order valence-corrected chi connectivity index (χ3v) is 5.84. The van der Waals surface area contributed by atoms with Crippen LogP contribution in [0.2, 0.25) is 0 Å². The number of amides is 1. The molecule has 0 atom stereocenters. The van der Waals surface area contributed by atoms with Crippen molar-refractivity contribution >= 4 is 63.0 Å². The fourth-order valence-corrected chi connectivity index (χ4v) is 4.93. The van der Waals surface area contributed by atoms with Gasteiger partial charge in [-0.3, -0.25) is 14.9 Å². The Balaban J connectivity index is 1.61. The number of benzene rings is 3. The number of nitrogens with one attached hydrogen (secondary N) is 1. The molecular weight excluding hydrogens is 643 g/mol. The van der Waals surface area contributed by atoms with Crippen LogP contribution in [0.5, 0.6) is 5.75 Å². The minimum absolute atomic E-state index is 0.107. The molecule has 7 nitrogen and oxygen atoms in total. The number of nitro benzene ring substituents is 1. The van der Waals surface area contributed by atoms with Gasteiger partial charge in [-0.15, -0.1) is 0 Å². The van der Waals surface area contributed by atoms with Crippen molar-refractivity contribution in [3.8, 4) is 5.75 Å². The Bertz CT molecular complexity index is 1160. The van der Waals surface area contributed by atoms with E-state index >= 15 is 0 Å². The molecule has 1 N–H and O–H groups in total. The largest absolute Gasteiger partial charge is 0.487 e. The second-order valence-corrected chi connectivity index (χ2v) is 8.91.